The van der Waals surface area contributed by atoms with Crippen LogP contribution in [0.15, 0.2) is 6.33 Å². The van der Waals surface area contributed by atoms with Gasteiger partial charge in [-0.3, -0.25) is 0 Å². The molecule has 6 heteroatoms. The van der Waals surface area contributed by atoms with Crippen molar-refractivity contribution in [2.45, 2.75) is 44.5 Å². The van der Waals surface area contributed by atoms with Gasteiger partial charge in [0, 0.05) is 6.04 Å². The zero-order valence-electron chi connectivity index (χ0n) is 12.0. The lowest BCUT2D eigenvalue weighted by atomic mass is 10.1. The lowest BCUT2D eigenvalue weighted by Crippen LogP contribution is -2.11. The highest BCUT2D eigenvalue weighted by molar-refractivity contribution is 6.20. The normalized spacial score (nSPS) is 18.2. The van der Waals surface area contributed by atoms with Gasteiger partial charge in [0.1, 0.15) is 12.2 Å². The number of hydrogen-bond acceptors (Lipinski definition) is 4. The number of fused-ring (bicyclic) bond motifs is 1. The minimum atomic E-state index is -0.171. The van der Waals surface area contributed by atoms with Gasteiger partial charge in [0.2, 0.25) is 5.88 Å². The molecule has 2 unspecified atom stereocenters. The number of nitrogens with zero attached hydrogens (tertiary/aromatic N) is 4. The first-order valence-corrected chi connectivity index (χ1v) is 7.46. The Hall–Kier alpha value is -1.36. The smallest absolute Gasteiger partial charge is 0.245 e. The summed E-state index contributed by atoms with van der Waals surface area (Å²) in [4.78, 5) is 13.1. The molecule has 0 bridgehead atoms. The molecule has 0 saturated heterocycles. The topological polar surface area (TPSA) is 52.8 Å². The summed E-state index contributed by atoms with van der Waals surface area (Å²) in [5.41, 5.74) is 1.51. The maximum atomic E-state index is 6.30. The molecule has 0 amide bonds. The average molecular weight is 295 g/mol. The lowest BCUT2D eigenvalue weighted by Gasteiger charge is -2.17. The molecule has 2 aromatic rings. The van der Waals surface area contributed by atoms with Crippen molar-refractivity contribution in [1.29, 1.82) is 0 Å². The minimum Gasteiger partial charge on any atom is -0.479 e. The molecule has 2 heterocycles. The molecule has 108 valence electrons. The molecule has 0 aromatic carbocycles. The van der Waals surface area contributed by atoms with Gasteiger partial charge in [0.05, 0.1) is 12.5 Å². The molecular weight excluding hydrogens is 276 g/mol. The lowest BCUT2D eigenvalue weighted by molar-refractivity contribution is 0.401. The number of aromatic nitrogens is 4. The zero-order valence-corrected chi connectivity index (χ0v) is 12.8. The van der Waals surface area contributed by atoms with Crippen LogP contribution >= 0.6 is 11.6 Å². The Kier molecular flexibility index (Phi) is 3.54. The molecule has 0 aliphatic heterocycles. The SMILES string of the molecule is COc1ncnc2c1nc(C(C)Cl)n2C(C)CC1CC1. The van der Waals surface area contributed by atoms with Crippen LogP contribution in [0.2, 0.25) is 0 Å². The Morgan fingerprint density at radius 3 is 2.75 bits per heavy atom. The van der Waals surface area contributed by atoms with Gasteiger partial charge in [-0.1, -0.05) is 12.8 Å². The van der Waals surface area contributed by atoms with Gasteiger partial charge in [-0.25, -0.2) is 9.97 Å². The van der Waals surface area contributed by atoms with E-state index < -0.39 is 0 Å². The molecule has 3 rings (SSSR count). The first kappa shape index (κ1) is 13.6. The van der Waals surface area contributed by atoms with Crippen molar-refractivity contribution < 1.29 is 4.74 Å². The number of rotatable bonds is 5. The summed E-state index contributed by atoms with van der Waals surface area (Å²) in [5.74, 6) is 2.18. The molecule has 2 atom stereocenters. The minimum absolute atomic E-state index is 0.171. The highest BCUT2D eigenvalue weighted by atomic mass is 35.5. The number of ether oxygens (including phenoxy) is 1. The van der Waals surface area contributed by atoms with Crippen molar-refractivity contribution in [3.8, 4) is 5.88 Å². The zero-order chi connectivity index (χ0) is 14.3. The van der Waals surface area contributed by atoms with Crippen LogP contribution in [0.25, 0.3) is 11.2 Å². The van der Waals surface area contributed by atoms with Crippen molar-refractivity contribution in [3.05, 3.63) is 12.2 Å². The van der Waals surface area contributed by atoms with E-state index >= 15 is 0 Å². The molecule has 2 aromatic heterocycles. The second-order valence-corrected chi connectivity index (χ2v) is 6.19. The van der Waals surface area contributed by atoms with Crippen molar-refractivity contribution in [2.24, 2.45) is 5.92 Å². The number of methoxy groups -OCH3 is 1. The van der Waals surface area contributed by atoms with Crippen LogP contribution in [0.1, 0.15) is 50.4 Å². The highest BCUT2D eigenvalue weighted by Gasteiger charge is 2.28. The average Bonchev–Trinajstić information content (AvgIpc) is 3.14. The Morgan fingerprint density at radius 1 is 1.40 bits per heavy atom. The second kappa shape index (κ2) is 5.20. The van der Waals surface area contributed by atoms with E-state index in [1.165, 1.54) is 19.2 Å². The van der Waals surface area contributed by atoms with E-state index in [4.69, 9.17) is 16.3 Å². The van der Waals surface area contributed by atoms with E-state index in [2.05, 4.69) is 26.4 Å². The van der Waals surface area contributed by atoms with Gasteiger partial charge in [-0.15, -0.1) is 11.6 Å². The maximum Gasteiger partial charge on any atom is 0.245 e. The molecule has 0 spiro atoms. The molecule has 0 radical (unpaired) electrons. The van der Waals surface area contributed by atoms with E-state index in [0.29, 0.717) is 17.4 Å². The predicted octanol–water partition coefficient (Wildman–Crippen LogP) is 3.50. The van der Waals surface area contributed by atoms with Crippen molar-refractivity contribution in [1.82, 2.24) is 19.5 Å². The summed E-state index contributed by atoms with van der Waals surface area (Å²) in [6, 6.07) is 0.336. The number of hydrogen-bond donors (Lipinski definition) is 0. The molecule has 1 aliphatic rings. The Labute approximate surface area is 123 Å². The number of imidazole rings is 1. The molecule has 20 heavy (non-hydrogen) atoms. The monoisotopic (exact) mass is 294 g/mol. The van der Waals surface area contributed by atoms with E-state index in [0.717, 1.165) is 23.8 Å². The van der Waals surface area contributed by atoms with Crippen LogP contribution in [-0.2, 0) is 0 Å². The first-order chi connectivity index (χ1) is 9.61. The molecular formula is C14H19ClN4O. The van der Waals surface area contributed by atoms with Gasteiger partial charge in [-0.2, -0.15) is 4.98 Å². The largest absolute Gasteiger partial charge is 0.479 e. The van der Waals surface area contributed by atoms with Crippen LogP contribution in [-0.4, -0.2) is 26.6 Å². The summed E-state index contributed by atoms with van der Waals surface area (Å²) in [6.07, 6.45) is 5.34. The van der Waals surface area contributed by atoms with Crippen molar-refractivity contribution in [3.63, 3.8) is 0 Å². The van der Waals surface area contributed by atoms with E-state index in [9.17, 15) is 0 Å². The summed E-state index contributed by atoms with van der Waals surface area (Å²) >= 11 is 6.30. The fourth-order valence-electron chi connectivity index (χ4n) is 2.71. The molecule has 5 nitrogen and oxygen atoms in total. The molecule has 1 fully saturated rings. The van der Waals surface area contributed by atoms with Crippen LogP contribution in [0.4, 0.5) is 0 Å². The first-order valence-electron chi connectivity index (χ1n) is 7.02. The van der Waals surface area contributed by atoms with Gasteiger partial charge in [0.15, 0.2) is 11.2 Å². The maximum absolute atomic E-state index is 6.30. The van der Waals surface area contributed by atoms with Crippen molar-refractivity contribution >= 4 is 22.8 Å². The Balaban J connectivity index is 2.13. The van der Waals surface area contributed by atoms with Crippen LogP contribution in [0.5, 0.6) is 5.88 Å². The Morgan fingerprint density at radius 2 is 2.15 bits per heavy atom. The third-order valence-electron chi connectivity index (χ3n) is 3.83. The van der Waals surface area contributed by atoms with E-state index in [1.54, 1.807) is 7.11 Å². The highest BCUT2D eigenvalue weighted by Crippen LogP contribution is 2.39. The summed E-state index contributed by atoms with van der Waals surface area (Å²) in [7, 11) is 1.60. The van der Waals surface area contributed by atoms with Crippen molar-refractivity contribution in [2.75, 3.05) is 7.11 Å². The molecule has 1 saturated carbocycles. The third-order valence-corrected chi connectivity index (χ3v) is 4.03. The number of alkyl halides is 1. The van der Waals surface area contributed by atoms with E-state index in [1.807, 2.05) is 6.92 Å². The van der Waals surface area contributed by atoms with Gasteiger partial charge in [0.25, 0.3) is 0 Å². The van der Waals surface area contributed by atoms with Gasteiger partial charge in [-0.05, 0) is 26.2 Å². The third kappa shape index (κ3) is 2.35. The summed E-state index contributed by atoms with van der Waals surface area (Å²) < 4.78 is 7.43. The summed E-state index contributed by atoms with van der Waals surface area (Å²) in [6.45, 7) is 4.14. The predicted molar refractivity (Wildman–Crippen MR) is 78.2 cm³/mol. The van der Waals surface area contributed by atoms with Crippen LogP contribution < -0.4 is 4.74 Å². The Bertz CT molecular complexity index is 621. The molecule has 1 aliphatic carbocycles. The fourth-order valence-corrected chi connectivity index (χ4v) is 2.86. The van der Waals surface area contributed by atoms with Crippen LogP contribution in [0, 0.1) is 5.92 Å². The summed E-state index contributed by atoms with van der Waals surface area (Å²) in [5, 5.41) is -0.171. The second-order valence-electron chi connectivity index (χ2n) is 5.54. The fraction of sp³-hybridized carbons (Fsp3) is 0.643. The quantitative estimate of drug-likeness (QED) is 0.792. The standard InChI is InChI=1S/C14H19ClN4O/c1-8(6-10-4-5-10)19-12(9(2)15)18-11-13(19)16-7-17-14(11)20-3/h7-10H,4-6H2,1-3H3. The number of halogens is 1. The molecule has 0 N–H and O–H groups in total. The van der Waals surface area contributed by atoms with E-state index in [-0.39, 0.29) is 5.38 Å². The van der Waals surface area contributed by atoms with Crippen LogP contribution in [0.3, 0.4) is 0 Å². The van der Waals surface area contributed by atoms with Gasteiger partial charge >= 0.3 is 0 Å². The van der Waals surface area contributed by atoms with Gasteiger partial charge < -0.3 is 9.30 Å².